The van der Waals surface area contributed by atoms with Crippen molar-refractivity contribution in [1.29, 1.82) is 0 Å². The lowest BCUT2D eigenvalue weighted by atomic mass is 10.2. The fraction of sp³-hybridized carbons (Fsp3) is 0.400. The number of thioether (sulfide) groups is 1. The molecule has 8 nitrogen and oxygen atoms in total. The molecular formula is C15H14ClFN2O6S2. The third kappa shape index (κ3) is 4.60. The third-order valence-electron chi connectivity index (χ3n) is 3.92. The van der Waals surface area contributed by atoms with E-state index in [2.05, 4.69) is 4.99 Å². The van der Waals surface area contributed by atoms with E-state index in [-0.39, 0.29) is 26.9 Å². The topological polar surface area (TPSA) is 113 Å². The molecule has 2 heterocycles. The number of carbonyl (C=O) groups is 2. The van der Waals surface area contributed by atoms with Crippen LogP contribution in [0.1, 0.15) is 0 Å². The summed E-state index contributed by atoms with van der Waals surface area (Å²) in [7, 11) is -3.24. The predicted molar refractivity (Wildman–Crippen MR) is 98.6 cm³/mol. The zero-order chi connectivity index (χ0) is 19.8. The summed E-state index contributed by atoms with van der Waals surface area (Å²) in [6.07, 6.45) is 0. The summed E-state index contributed by atoms with van der Waals surface area (Å²) >= 11 is 6.97. The van der Waals surface area contributed by atoms with Crippen molar-refractivity contribution in [3.63, 3.8) is 0 Å². The van der Waals surface area contributed by atoms with Gasteiger partial charge < -0.3 is 14.7 Å². The molecule has 0 saturated carbocycles. The molecule has 1 aromatic rings. The van der Waals surface area contributed by atoms with Crippen LogP contribution >= 0.6 is 23.4 Å². The van der Waals surface area contributed by atoms with Crippen LogP contribution in [0.5, 0.6) is 0 Å². The van der Waals surface area contributed by atoms with Crippen LogP contribution < -0.4 is 4.90 Å². The molecule has 0 bridgehead atoms. The van der Waals surface area contributed by atoms with Gasteiger partial charge in [0.25, 0.3) is 5.91 Å². The Labute approximate surface area is 163 Å². The molecule has 3 rings (SSSR count). The lowest BCUT2D eigenvalue weighted by molar-refractivity contribution is -0.143. The summed E-state index contributed by atoms with van der Waals surface area (Å²) in [5.74, 6) is -2.73. The van der Waals surface area contributed by atoms with Gasteiger partial charge >= 0.3 is 5.97 Å². The van der Waals surface area contributed by atoms with Crippen molar-refractivity contribution in [3.8, 4) is 0 Å². The lowest BCUT2D eigenvalue weighted by Crippen LogP contribution is -2.37. The van der Waals surface area contributed by atoms with Crippen LogP contribution in [0.25, 0.3) is 0 Å². The maximum absolute atomic E-state index is 13.5. The van der Waals surface area contributed by atoms with Crippen LogP contribution in [-0.2, 0) is 24.2 Å². The first-order chi connectivity index (χ1) is 12.7. The quantitative estimate of drug-likeness (QED) is 0.732. The number of halogens is 2. The molecule has 2 aliphatic rings. The number of aliphatic carboxylic acids is 1. The Morgan fingerprint density at radius 2 is 2.11 bits per heavy atom. The van der Waals surface area contributed by atoms with Crippen LogP contribution in [-0.4, -0.2) is 66.6 Å². The van der Waals surface area contributed by atoms with Gasteiger partial charge in [0, 0.05) is 10.9 Å². The highest BCUT2D eigenvalue weighted by Crippen LogP contribution is 2.41. The van der Waals surface area contributed by atoms with E-state index in [0.717, 1.165) is 17.8 Å². The van der Waals surface area contributed by atoms with Crippen molar-refractivity contribution >= 4 is 55.9 Å². The first-order valence-corrected chi connectivity index (χ1v) is 10.8. The Morgan fingerprint density at radius 1 is 1.37 bits per heavy atom. The van der Waals surface area contributed by atoms with E-state index in [9.17, 15) is 22.4 Å². The Morgan fingerprint density at radius 3 is 2.78 bits per heavy atom. The average molecular weight is 437 g/mol. The molecule has 0 spiro atoms. The number of carboxylic acid groups (broad SMARTS) is 1. The zero-order valence-corrected chi connectivity index (χ0v) is 16.1. The number of rotatable bonds is 5. The normalized spacial score (nSPS) is 25.0. The number of amidine groups is 1. The molecular weight excluding hydrogens is 423 g/mol. The Bertz CT molecular complexity index is 923. The van der Waals surface area contributed by atoms with Crippen molar-refractivity contribution in [1.82, 2.24) is 0 Å². The van der Waals surface area contributed by atoms with E-state index in [1.54, 1.807) is 4.90 Å². The lowest BCUT2D eigenvalue weighted by Gasteiger charge is -2.24. The Hall–Kier alpha value is -1.69. The van der Waals surface area contributed by atoms with Gasteiger partial charge in [0.2, 0.25) is 0 Å². The number of aliphatic imine (C=N–C) groups is 1. The first kappa shape index (κ1) is 20.1. The van der Waals surface area contributed by atoms with Crippen LogP contribution in [0.3, 0.4) is 0 Å². The molecule has 0 aromatic heterocycles. The highest BCUT2D eigenvalue weighted by Gasteiger charge is 2.49. The van der Waals surface area contributed by atoms with Gasteiger partial charge in [0.05, 0.1) is 22.6 Å². The van der Waals surface area contributed by atoms with Gasteiger partial charge in [-0.3, -0.25) is 4.79 Å². The van der Waals surface area contributed by atoms with E-state index in [4.69, 9.17) is 21.4 Å². The molecule has 1 aromatic carbocycles. The van der Waals surface area contributed by atoms with E-state index < -0.39 is 46.8 Å². The van der Waals surface area contributed by atoms with E-state index in [1.807, 2.05) is 0 Å². The summed E-state index contributed by atoms with van der Waals surface area (Å²) in [4.78, 5) is 27.9. The summed E-state index contributed by atoms with van der Waals surface area (Å²) < 4.78 is 42.1. The minimum Gasteiger partial charge on any atom is -0.480 e. The molecule has 2 fully saturated rings. The van der Waals surface area contributed by atoms with Gasteiger partial charge in [-0.1, -0.05) is 23.4 Å². The van der Waals surface area contributed by atoms with Crippen LogP contribution in [0.2, 0.25) is 5.02 Å². The van der Waals surface area contributed by atoms with Gasteiger partial charge in [-0.15, -0.1) is 0 Å². The van der Waals surface area contributed by atoms with Crippen LogP contribution in [0, 0.1) is 5.82 Å². The number of anilines is 1. The summed E-state index contributed by atoms with van der Waals surface area (Å²) in [5, 5.41) is 8.30. The van der Waals surface area contributed by atoms with Crippen LogP contribution in [0.4, 0.5) is 10.1 Å². The number of hydrogen-bond donors (Lipinski definition) is 1. The van der Waals surface area contributed by atoms with Crippen molar-refractivity contribution in [2.75, 3.05) is 29.6 Å². The first-order valence-electron chi connectivity index (χ1n) is 7.69. The fourth-order valence-electron chi connectivity index (χ4n) is 2.87. The maximum atomic E-state index is 13.5. The molecule has 27 heavy (non-hydrogen) atoms. The van der Waals surface area contributed by atoms with E-state index in [0.29, 0.717) is 5.69 Å². The molecule has 12 heteroatoms. The number of nitrogens with zero attached hydrogens (tertiary/aromatic N) is 2. The molecule has 0 radical (unpaired) electrons. The molecule has 2 aliphatic heterocycles. The summed E-state index contributed by atoms with van der Waals surface area (Å²) in [5.41, 5.74) is 0.413. The summed E-state index contributed by atoms with van der Waals surface area (Å²) in [6, 6.07) is 3.45. The number of benzene rings is 1. The Balaban J connectivity index is 1.88. The number of hydrogen-bond acceptors (Lipinski definition) is 6. The number of fused-ring (bicyclic) bond motifs is 1. The van der Waals surface area contributed by atoms with Gasteiger partial charge in [-0.2, -0.15) is 4.99 Å². The SMILES string of the molecule is O=C(O)COCC(=O)N=C1S[C@H]2CS(=O)(=O)C[C@@H]2N1c1ccc(F)c(Cl)c1. The number of carbonyl (C=O) groups excluding carboxylic acids is 1. The molecule has 0 aliphatic carbocycles. The van der Waals surface area contributed by atoms with Crippen LogP contribution in [0.15, 0.2) is 23.2 Å². The van der Waals surface area contributed by atoms with E-state index in [1.165, 1.54) is 12.1 Å². The zero-order valence-electron chi connectivity index (χ0n) is 13.7. The highest BCUT2D eigenvalue weighted by atomic mass is 35.5. The minimum absolute atomic E-state index is 0.0590. The second-order valence-corrected chi connectivity index (χ2v) is 9.71. The van der Waals surface area contributed by atoms with Gasteiger partial charge in [0.1, 0.15) is 19.0 Å². The number of sulfone groups is 1. The molecule has 2 atom stereocenters. The number of carboxylic acids is 1. The number of ether oxygens (including phenoxy) is 1. The minimum atomic E-state index is -3.24. The molecule has 1 amide bonds. The second kappa shape index (κ2) is 7.74. The van der Waals surface area contributed by atoms with E-state index >= 15 is 0 Å². The second-order valence-electron chi connectivity index (χ2n) is 5.94. The largest absolute Gasteiger partial charge is 0.480 e. The van der Waals surface area contributed by atoms with Crippen molar-refractivity contribution in [2.45, 2.75) is 11.3 Å². The predicted octanol–water partition coefficient (Wildman–Crippen LogP) is 1.18. The molecule has 2 saturated heterocycles. The highest BCUT2D eigenvalue weighted by molar-refractivity contribution is 8.16. The standard InChI is InChI=1S/C15H14ClFN2O6S2/c16-9-3-8(1-2-10(9)17)19-11-6-27(23,24)7-12(11)26-15(19)18-13(20)4-25-5-14(21)22/h1-3,11-12H,4-7H2,(H,21,22)/t11-,12-/m0/s1. The third-order valence-corrected chi connectivity index (χ3v) is 7.42. The smallest absolute Gasteiger partial charge is 0.329 e. The Kier molecular flexibility index (Phi) is 5.75. The number of amides is 1. The summed E-state index contributed by atoms with van der Waals surface area (Å²) in [6.45, 7) is -1.16. The van der Waals surface area contributed by atoms with Crippen molar-refractivity contribution < 1.29 is 32.2 Å². The average Bonchev–Trinajstić information content (AvgIpc) is 3.00. The molecule has 1 N–H and O–H groups in total. The van der Waals surface area contributed by atoms with Crippen molar-refractivity contribution in [2.24, 2.45) is 4.99 Å². The maximum Gasteiger partial charge on any atom is 0.329 e. The molecule has 0 unspecified atom stereocenters. The van der Waals surface area contributed by atoms with Gasteiger partial charge in [-0.05, 0) is 18.2 Å². The monoisotopic (exact) mass is 436 g/mol. The fourth-order valence-corrected chi connectivity index (χ4v) is 6.97. The van der Waals surface area contributed by atoms with Gasteiger partial charge in [-0.25, -0.2) is 17.6 Å². The van der Waals surface area contributed by atoms with Crippen molar-refractivity contribution in [3.05, 3.63) is 29.0 Å². The molecule has 146 valence electrons. The van der Waals surface area contributed by atoms with Gasteiger partial charge in [0.15, 0.2) is 15.0 Å².